The zero-order chi connectivity index (χ0) is 29.2. The van der Waals surface area contributed by atoms with Crippen LogP contribution in [0, 0.1) is 5.82 Å². The van der Waals surface area contributed by atoms with Gasteiger partial charge in [-0.1, -0.05) is 6.07 Å². The molecule has 2 aromatic carbocycles. The van der Waals surface area contributed by atoms with Crippen molar-refractivity contribution >= 4 is 31.8 Å². The maximum absolute atomic E-state index is 13.0. The highest BCUT2D eigenvalue weighted by atomic mass is 32.2. The molecule has 0 N–H and O–H groups in total. The number of fused-ring (bicyclic) bond motifs is 2. The van der Waals surface area contributed by atoms with E-state index >= 15 is 0 Å². The predicted molar refractivity (Wildman–Crippen MR) is 124 cm³/mol. The molecule has 214 valence electrons. The molecule has 0 unspecified atom stereocenters. The largest absolute Gasteiger partial charge is 0.534 e. The lowest BCUT2D eigenvalue weighted by atomic mass is 9.96. The summed E-state index contributed by atoms with van der Waals surface area (Å²) < 4.78 is 144. The Morgan fingerprint density at radius 3 is 1.72 bits per heavy atom. The van der Waals surface area contributed by atoms with Crippen molar-refractivity contribution in [2.45, 2.75) is 36.7 Å². The van der Waals surface area contributed by atoms with E-state index < -0.39 is 42.8 Å². The van der Waals surface area contributed by atoms with Crippen molar-refractivity contribution in [2.75, 3.05) is 7.11 Å². The molecule has 0 aromatic heterocycles. The molecule has 0 amide bonds. The van der Waals surface area contributed by atoms with Crippen molar-refractivity contribution in [1.82, 2.24) is 0 Å². The summed E-state index contributed by atoms with van der Waals surface area (Å²) in [7, 11) is -9.98. The van der Waals surface area contributed by atoms with Gasteiger partial charge in [-0.05, 0) is 79.3 Å². The predicted octanol–water partition coefficient (Wildman–Crippen LogP) is 5.83. The van der Waals surface area contributed by atoms with E-state index in [1.54, 1.807) is 12.1 Å². The van der Waals surface area contributed by atoms with E-state index in [-0.39, 0.29) is 17.7 Å². The van der Waals surface area contributed by atoms with Gasteiger partial charge in [-0.2, -0.15) is 43.2 Å². The molecule has 0 spiro atoms. The summed E-state index contributed by atoms with van der Waals surface area (Å²) in [5.74, 6) is -0.871. The third-order valence-corrected chi connectivity index (χ3v) is 7.30. The molecule has 7 nitrogen and oxygen atoms in total. The summed E-state index contributed by atoms with van der Waals surface area (Å²) >= 11 is 0. The molecule has 2 aliphatic carbocycles. The molecule has 0 atom stereocenters. The maximum Gasteiger partial charge on any atom is 0.534 e. The van der Waals surface area contributed by atoms with Crippen molar-refractivity contribution in [3.05, 3.63) is 76.6 Å². The number of methoxy groups -OCH3 is 1. The van der Waals surface area contributed by atoms with Gasteiger partial charge in [0.2, 0.25) is 0 Å². The van der Waals surface area contributed by atoms with Gasteiger partial charge in [-0.25, -0.2) is 4.39 Å². The summed E-state index contributed by atoms with van der Waals surface area (Å²) in [6.45, 7) is 0. The zero-order valence-corrected chi connectivity index (χ0v) is 21.4. The number of alkyl halides is 6. The second-order valence-corrected chi connectivity index (χ2v) is 11.1. The van der Waals surface area contributed by atoms with Crippen LogP contribution in [0.5, 0.6) is 5.75 Å². The Labute approximate surface area is 218 Å². The summed E-state index contributed by atoms with van der Waals surface area (Å²) in [5, 5.41) is 0. The lowest BCUT2D eigenvalue weighted by Gasteiger charge is -2.19. The fourth-order valence-corrected chi connectivity index (χ4v) is 4.54. The van der Waals surface area contributed by atoms with Crippen LogP contribution in [0.3, 0.4) is 0 Å². The number of hydrogen-bond acceptors (Lipinski definition) is 7. The normalized spacial score (nSPS) is 15.5. The fraction of sp³-hybridized carbons (Fsp3) is 0.304. The van der Waals surface area contributed by atoms with Crippen LogP contribution in [0.25, 0.3) is 11.5 Å². The summed E-state index contributed by atoms with van der Waals surface area (Å²) in [6.07, 6.45) is 4.25. The number of ether oxygens (including phenoxy) is 1. The van der Waals surface area contributed by atoms with Crippen molar-refractivity contribution in [3.63, 3.8) is 0 Å². The van der Waals surface area contributed by atoms with Gasteiger partial charge in [-0.15, -0.1) is 0 Å². The number of rotatable bonds is 5. The third kappa shape index (κ3) is 7.03. The van der Waals surface area contributed by atoms with Gasteiger partial charge in [0.05, 0.1) is 7.11 Å². The molecule has 2 aromatic rings. The number of aryl methyl sites for hydroxylation is 2. The monoisotopic (exact) mass is 604 g/mol. The van der Waals surface area contributed by atoms with Crippen LogP contribution >= 0.6 is 0 Å². The van der Waals surface area contributed by atoms with E-state index in [0.717, 1.165) is 12.1 Å². The van der Waals surface area contributed by atoms with Gasteiger partial charge >= 0.3 is 31.3 Å². The molecule has 0 aliphatic heterocycles. The minimum absolute atomic E-state index is 0.153. The highest BCUT2D eigenvalue weighted by Gasteiger charge is 2.50. The van der Waals surface area contributed by atoms with E-state index in [1.165, 1.54) is 31.4 Å². The van der Waals surface area contributed by atoms with Crippen LogP contribution in [-0.2, 0) is 41.4 Å². The number of allylic oxidation sites excluding steroid dienone is 2. The van der Waals surface area contributed by atoms with Crippen molar-refractivity contribution < 1.29 is 60.7 Å². The topological polar surface area (TPSA) is 96.0 Å². The van der Waals surface area contributed by atoms with Crippen molar-refractivity contribution in [2.24, 2.45) is 0 Å². The van der Waals surface area contributed by atoms with Crippen LogP contribution < -0.4 is 4.74 Å². The Kier molecular flexibility index (Phi) is 8.60. The van der Waals surface area contributed by atoms with Gasteiger partial charge in [-0.3, -0.25) is 0 Å². The highest BCUT2D eigenvalue weighted by Crippen LogP contribution is 2.36. The van der Waals surface area contributed by atoms with E-state index in [0.29, 0.717) is 41.7 Å². The lowest BCUT2D eigenvalue weighted by Crippen LogP contribution is -2.25. The average Bonchev–Trinajstić information content (AvgIpc) is 2.82. The van der Waals surface area contributed by atoms with Crippen LogP contribution in [0.15, 0.2) is 48.6 Å². The smallest absolute Gasteiger partial charge is 0.497 e. The molecule has 39 heavy (non-hydrogen) atoms. The Balaban J connectivity index is 0.000000216. The SMILES string of the molecule is COc1ccc2c(c1)C(OS(=O)(=O)C(F)(F)F)=CCC2.O=S(=O)(OC1=CCCc2cc(F)ccc21)C(F)(F)F. The van der Waals surface area contributed by atoms with Crippen molar-refractivity contribution in [1.29, 1.82) is 0 Å². The molecule has 0 saturated heterocycles. The molecule has 2 aliphatic rings. The average molecular weight is 605 g/mol. The Hall–Kier alpha value is -3.27. The molecule has 0 fully saturated rings. The Morgan fingerprint density at radius 2 is 1.21 bits per heavy atom. The molecule has 0 bridgehead atoms. The fourth-order valence-electron chi connectivity index (χ4n) is 3.57. The second kappa shape index (κ2) is 11.1. The minimum Gasteiger partial charge on any atom is -0.497 e. The minimum atomic E-state index is -5.71. The Bertz CT molecular complexity index is 1510. The van der Waals surface area contributed by atoms with Crippen LogP contribution in [0.4, 0.5) is 30.7 Å². The van der Waals surface area contributed by atoms with Gasteiger partial charge in [0.15, 0.2) is 0 Å². The molecular weight excluding hydrogens is 585 g/mol. The second-order valence-electron chi connectivity index (χ2n) is 8.01. The molecule has 16 heteroatoms. The van der Waals surface area contributed by atoms with Crippen LogP contribution in [-0.4, -0.2) is 35.0 Å². The Morgan fingerprint density at radius 1 is 0.692 bits per heavy atom. The van der Waals surface area contributed by atoms with E-state index in [1.807, 2.05) is 0 Å². The summed E-state index contributed by atoms with van der Waals surface area (Å²) in [4.78, 5) is 0. The highest BCUT2D eigenvalue weighted by molar-refractivity contribution is 7.88. The first-order valence-corrected chi connectivity index (χ1v) is 13.6. The van der Waals surface area contributed by atoms with Gasteiger partial charge in [0.25, 0.3) is 0 Å². The van der Waals surface area contributed by atoms with Gasteiger partial charge in [0, 0.05) is 11.1 Å². The maximum atomic E-state index is 13.0. The van der Waals surface area contributed by atoms with Crippen LogP contribution in [0.1, 0.15) is 35.1 Å². The molecule has 0 heterocycles. The molecule has 4 rings (SSSR count). The van der Waals surface area contributed by atoms with E-state index in [9.17, 15) is 47.6 Å². The number of halogens is 7. The van der Waals surface area contributed by atoms with Gasteiger partial charge < -0.3 is 13.1 Å². The third-order valence-electron chi connectivity index (χ3n) is 5.37. The van der Waals surface area contributed by atoms with E-state index in [2.05, 4.69) is 8.37 Å². The zero-order valence-electron chi connectivity index (χ0n) is 19.8. The number of hydrogen-bond donors (Lipinski definition) is 0. The first kappa shape index (κ1) is 30.3. The lowest BCUT2D eigenvalue weighted by molar-refractivity contribution is -0.0514. The molecule has 0 radical (unpaired) electrons. The van der Waals surface area contributed by atoms with Crippen molar-refractivity contribution in [3.8, 4) is 5.75 Å². The first-order valence-electron chi connectivity index (χ1n) is 10.8. The van der Waals surface area contributed by atoms with E-state index in [4.69, 9.17) is 4.74 Å². The number of benzene rings is 2. The van der Waals surface area contributed by atoms with Gasteiger partial charge in [0.1, 0.15) is 23.1 Å². The quantitative estimate of drug-likeness (QED) is 0.241. The standard InChI is InChI=1S/C12H11F3O4S.C11H8F4O3S/c1-18-9-6-5-8-3-2-4-11(10(8)7-9)19-20(16,17)12(13,14)15;12-8-4-5-9-7(6-8)2-1-3-10(9)18-19(16,17)11(13,14)15/h4-7H,2-3H2,1H3;3-6H,1-2H2. The first-order chi connectivity index (χ1) is 17.9. The molecule has 0 saturated carbocycles. The summed E-state index contributed by atoms with van der Waals surface area (Å²) in [6, 6.07) is 8.14. The summed E-state index contributed by atoms with van der Waals surface area (Å²) in [5.41, 5.74) is -9.38. The molecular formula is C23H19F7O7S2. The van der Waals surface area contributed by atoms with Crippen LogP contribution in [0.2, 0.25) is 0 Å².